The average molecular weight is 506 g/mol. The van der Waals surface area contributed by atoms with Gasteiger partial charge in [0.25, 0.3) is 10.0 Å². The Morgan fingerprint density at radius 1 is 1.03 bits per heavy atom. The van der Waals surface area contributed by atoms with Crippen molar-refractivity contribution in [2.75, 3.05) is 39.1 Å². The van der Waals surface area contributed by atoms with Gasteiger partial charge in [-0.15, -0.1) is 0 Å². The summed E-state index contributed by atoms with van der Waals surface area (Å²) in [7, 11) is 1.60. The topological polar surface area (TPSA) is 90.0 Å². The number of nitrogens with one attached hydrogen (secondary N) is 1. The number of benzene rings is 2. The Kier molecular flexibility index (Phi) is 8.60. The minimum Gasteiger partial charge on any atom is -0.493 e. The standard InChI is InChI=1S/C24H28ClN3O5S/c1-17-19(25)7-5-9-23(17)34(29,30)27-24-21(8-6-12-26-24)33-16-18-10-11-20(31-4)22(15-18)32-14-13-28(2)3/h5-12,15H,13-14,16H2,1-4H3,(H,26,27). The monoisotopic (exact) mass is 505 g/mol. The van der Waals surface area contributed by atoms with Crippen LogP contribution in [0.4, 0.5) is 5.82 Å². The summed E-state index contributed by atoms with van der Waals surface area (Å²) in [6.45, 7) is 3.08. The molecule has 0 aliphatic heterocycles. The first-order chi connectivity index (χ1) is 16.2. The summed E-state index contributed by atoms with van der Waals surface area (Å²) in [6, 6.07) is 13.5. The molecule has 0 spiro atoms. The second kappa shape index (κ2) is 11.4. The van der Waals surface area contributed by atoms with E-state index >= 15 is 0 Å². The smallest absolute Gasteiger partial charge is 0.263 e. The van der Waals surface area contributed by atoms with Crippen molar-refractivity contribution in [3.63, 3.8) is 0 Å². The van der Waals surface area contributed by atoms with Crippen LogP contribution in [0.2, 0.25) is 5.02 Å². The Hall–Kier alpha value is -3.01. The van der Waals surface area contributed by atoms with E-state index in [1.54, 1.807) is 44.4 Å². The van der Waals surface area contributed by atoms with E-state index in [2.05, 4.69) is 9.71 Å². The predicted molar refractivity (Wildman–Crippen MR) is 133 cm³/mol. The first-order valence-electron chi connectivity index (χ1n) is 10.5. The third kappa shape index (κ3) is 6.53. The number of sulfonamides is 1. The molecule has 182 valence electrons. The number of rotatable bonds is 11. The van der Waals surface area contributed by atoms with Gasteiger partial charge in [0.15, 0.2) is 23.1 Å². The number of methoxy groups -OCH3 is 1. The Labute approximate surface area is 205 Å². The van der Waals surface area contributed by atoms with Crippen molar-refractivity contribution in [1.29, 1.82) is 0 Å². The number of nitrogens with zero attached hydrogens (tertiary/aromatic N) is 2. The Morgan fingerprint density at radius 2 is 1.82 bits per heavy atom. The summed E-state index contributed by atoms with van der Waals surface area (Å²) < 4.78 is 45.6. The summed E-state index contributed by atoms with van der Waals surface area (Å²) in [5, 5.41) is 0.364. The molecule has 1 N–H and O–H groups in total. The zero-order chi connectivity index (χ0) is 24.7. The van der Waals surface area contributed by atoms with Crippen LogP contribution in [0.3, 0.4) is 0 Å². The molecule has 0 aliphatic rings. The molecule has 3 rings (SSSR count). The molecular weight excluding hydrogens is 478 g/mol. The summed E-state index contributed by atoms with van der Waals surface area (Å²) >= 11 is 6.10. The molecule has 8 nitrogen and oxygen atoms in total. The van der Waals surface area contributed by atoms with E-state index in [1.165, 1.54) is 12.3 Å². The van der Waals surface area contributed by atoms with Crippen molar-refractivity contribution >= 4 is 27.4 Å². The van der Waals surface area contributed by atoms with E-state index in [0.29, 0.717) is 28.7 Å². The maximum Gasteiger partial charge on any atom is 0.263 e. The van der Waals surface area contributed by atoms with Crippen LogP contribution in [-0.4, -0.2) is 52.7 Å². The van der Waals surface area contributed by atoms with Crippen molar-refractivity contribution in [3.05, 3.63) is 70.9 Å². The second-order valence-corrected chi connectivity index (χ2v) is 9.80. The van der Waals surface area contributed by atoms with E-state index in [1.807, 2.05) is 31.1 Å². The second-order valence-electron chi connectivity index (χ2n) is 7.74. The number of pyridine rings is 1. The van der Waals surface area contributed by atoms with E-state index < -0.39 is 10.0 Å². The highest BCUT2D eigenvalue weighted by Gasteiger charge is 2.21. The van der Waals surface area contributed by atoms with Crippen LogP contribution >= 0.6 is 11.6 Å². The molecule has 0 bridgehead atoms. The van der Waals surface area contributed by atoms with E-state index in [9.17, 15) is 8.42 Å². The van der Waals surface area contributed by atoms with Crippen molar-refractivity contribution in [3.8, 4) is 17.2 Å². The molecule has 0 amide bonds. The van der Waals surface area contributed by atoms with Crippen LogP contribution in [-0.2, 0) is 16.6 Å². The molecule has 1 heterocycles. The van der Waals surface area contributed by atoms with Gasteiger partial charge in [-0.1, -0.05) is 23.7 Å². The quantitative estimate of drug-likeness (QED) is 0.413. The molecule has 2 aromatic carbocycles. The number of aromatic nitrogens is 1. The summed E-state index contributed by atoms with van der Waals surface area (Å²) in [4.78, 5) is 6.26. The van der Waals surface area contributed by atoms with E-state index in [0.717, 1.165) is 12.1 Å². The molecular formula is C24H28ClN3O5S. The van der Waals surface area contributed by atoms with Gasteiger partial charge < -0.3 is 19.1 Å². The van der Waals surface area contributed by atoms with Crippen LogP contribution in [0.25, 0.3) is 0 Å². The van der Waals surface area contributed by atoms with Gasteiger partial charge in [0, 0.05) is 17.8 Å². The van der Waals surface area contributed by atoms with Gasteiger partial charge >= 0.3 is 0 Å². The van der Waals surface area contributed by atoms with E-state index in [-0.39, 0.29) is 23.1 Å². The first-order valence-corrected chi connectivity index (χ1v) is 12.4. The highest BCUT2D eigenvalue weighted by atomic mass is 35.5. The zero-order valence-electron chi connectivity index (χ0n) is 19.5. The predicted octanol–water partition coefficient (Wildman–Crippen LogP) is 4.37. The fourth-order valence-corrected chi connectivity index (χ4v) is 4.59. The number of ether oxygens (including phenoxy) is 3. The highest BCUT2D eigenvalue weighted by Crippen LogP contribution is 2.31. The maximum absolute atomic E-state index is 13.0. The third-order valence-electron chi connectivity index (χ3n) is 4.93. The van der Waals surface area contributed by atoms with Gasteiger partial charge in [0.2, 0.25) is 0 Å². The van der Waals surface area contributed by atoms with Crippen molar-refractivity contribution in [2.45, 2.75) is 18.4 Å². The molecule has 10 heteroatoms. The van der Waals surface area contributed by atoms with Gasteiger partial charge in [-0.25, -0.2) is 13.4 Å². The number of anilines is 1. The lowest BCUT2D eigenvalue weighted by Crippen LogP contribution is -2.19. The molecule has 0 radical (unpaired) electrons. The number of hydrogen-bond donors (Lipinski definition) is 1. The van der Waals surface area contributed by atoms with Gasteiger partial charge in [0.05, 0.1) is 12.0 Å². The molecule has 0 saturated carbocycles. The molecule has 0 aliphatic carbocycles. The number of halogens is 1. The number of likely N-dealkylation sites (N-methyl/N-ethyl adjacent to an activating group) is 1. The molecule has 0 unspecified atom stereocenters. The summed E-state index contributed by atoms with van der Waals surface area (Å²) in [5.74, 6) is 1.60. The molecule has 1 aromatic heterocycles. The first kappa shape index (κ1) is 25.6. The minimum atomic E-state index is -3.92. The molecule has 34 heavy (non-hydrogen) atoms. The van der Waals surface area contributed by atoms with E-state index in [4.69, 9.17) is 25.8 Å². The van der Waals surface area contributed by atoms with Crippen LogP contribution in [0.15, 0.2) is 59.6 Å². The van der Waals surface area contributed by atoms with Crippen molar-refractivity contribution < 1.29 is 22.6 Å². The Morgan fingerprint density at radius 3 is 2.56 bits per heavy atom. The molecule has 0 fully saturated rings. The Bertz CT molecular complexity index is 1240. The summed E-state index contributed by atoms with van der Waals surface area (Å²) in [5.41, 5.74) is 1.28. The van der Waals surface area contributed by atoms with Crippen LogP contribution in [0.5, 0.6) is 17.2 Å². The van der Waals surface area contributed by atoms with Crippen LogP contribution in [0.1, 0.15) is 11.1 Å². The van der Waals surface area contributed by atoms with Crippen LogP contribution in [0, 0.1) is 6.92 Å². The third-order valence-corrected chi connectivity index (χ3v) is 6.82. The van der Waals surface area contributed by atoms with Crippen LogP contribution < -0.4 is 18.9 Å². The number of hydrogen-bond acceptors (Lipinski definition) is 7. The van der Waals surface area contributed by atoms with Crippen molar-refractivity contribution in [1.82, 2.24) is 9.88 Å². The zero-order valence-corrected chi connectivity index (χ0v) is 21.1. The molecule has 3 aromatic rings. The van der Waals surface area contributed by atoms with Gasteiger partial charge in [-0.05, 0) is 68.5 Å². The van der Waals surface area contributed by atoms with Gasteiger partial charge in [0.1, 0.15) is 13.2 Å². The maximum atomic E-state index is 13.0. The van der Waals surface area contributed by atoms with Crippen molar-refractivity contribution in [2.24, 2.45) is 0 Å². The summed E-state index contributed by atoms with van der Waals surface area (Å²) in [6.07, 6.45) is 1.49. The highest BCUT2D eigenvalue weighted by molar-refractivity contribution is 7.92. The lowest BCUT2D eigenvalue weighted by Gasteiger charge is -2.16. The minimum absolute atomic E-state index is 0.0753. The van der Waals surface area contributed by atoms with Gasteiger partial charge in [-0.2, -0.15) is 0 Å². The normalized spacial score (nSPS) is 11.4. The average Bonchev–Trinajstić information content (AvgIpc) is 2.80. The molecule has 0 atom stereocenters. The lowest BCUT2D eigenvalue weighted by molar-refractivity contribution is 0.249. The lowest BCUT2D eigenvalue weighted by atomic mass is 10.2. The fourth-order valence-electron chi connectivity index (χ4n) is 3.07. The van der Waals surface area contributed by atoms with Gasteiger partial charge in [-0.3, -0.25) is 4.72 Å². The fraction of sp³-hybridized carbons (Fsp3) is 0.292. The molecule has 0 saturated heterocycles. The SMILES string of the molecule is COc1ccc(COc2cccnc2NS(=O)(=O)c2cccc(Cl)c2C)cc1OCCN(C)C. The largest absolute Gasteiger partial charge is 0.493 e. The Balaban J connectivity index is 1.76.